The fourth-order valence-corrected chi connectivity index (χ4v) is 3.05. The second-order valence-electron chi connectivity index (χ2n) is 7.21. The second kappa shape index (κ2) is 11.0. The summed E-state index contributed by atoms with van der Waals surface area (Å²) in [5.41, 5.74) is 0. The largest absolute Gasteiger partial charge is 0.379 e. The third-order valence-electron chi connectivity index (χ3n) is 5.09. The van der Waals surface area contributed by atoms with E-state index < -0.39 is 6.04 Å². The summed E-state index contributed by atoms with van der Waals surface area (Å²) in [5, 5.41) is 5.34. The Morgan fingerprint density at radius 1 is 0.929 bits per heavy atom. The molecule has 4 amide bonds. The molecule has 2 saturated heterocycles. The first-order chi connectivity index (χ1) is 13.4. The van der Waals surface area contributed by atoms with Crippen molar-refractivity contribution in [2.75, 3.05) is 66.6 Å². The lowest BCUT2D eigenvalue weighted by atomic mass is 10.1. The number of amides is 4. The molecule has 10 nitrogen and oxygen atoms in total. The molecule has 2 aliphatic rings. The third-order valence-corrected chi connectivity index (χ3v) is 5.09. The summed E-state index contributed by atoms with van der Waals surface area (Å²) >= 11 is 0. The van der Waals surface area contributed by atoms with E-state index in [0.717, 1.165) is 13.1 Å². The number of likely N-dealkylation sites (N-methyl/N-ethyl adjacent to an activating group) is 2. The summed E-state index contributed by atoms with van der Waals surface area (Å²) in [6, 6.07) is -0.746. The van der Waals surface area contributed by atoms with E-state index in [1.807, 2.05) is 0 Å². The van der Waals surface area contributed by atoms with E-state index >= 15 is 0 Å². The van der Waals surface area contributed by atoms with Crippen LogP contribution in [0.4, 0.5) is 0 Å². The second-order valence-corrected chi connectivity index (χ2v) is 7.21. The minimum atomic E-state index is -0.746. The lowest BCUT2D eigenvalue weighted by Gasteiger charge is -2.28. The van der Waals surface area contributed by atoms with E-state index in [0.29, 0.717) is 39.3 Å². The van der Waals surface area contributed by atoms with Crippen LogP contribution in [0.1, 0.15) is 19.3 Å². The van der Waals surface area contributed by atoms with Gasteiger partial charge in [-0.15, -0.1) is 0 Å². The first kappa shape index (κ1) is 22.1. The van der Waals surface area contributed by atoms with Gasteiger partial charge in [-0.2, -0.15) is 0 Å². The number of carbonyl (C=O) groups excluding carboxylic acids is 4. The van der Waals surface area contributed by atoms with Crippen LogP contribution in [0.25, 0.3) is 0 Å². The fraction of sp³-hybridized carbons (Fsp3) is 0.778. The number of carbonyl (C=O) groups is 4. The van der Waals surface area contributed by atoms with E-state index in [9.17, 15) is 19.2 Å². The van der Waals surface area contributed by atoms with Gasteiger partial charge in [0, 0.05) is 59.7 Å². The highest BCUT2D eigenvalue weighted by Crippen LogP contribution is 2.04. The lowest BCUT2D eigenvalue weighted by Crippen LogP contribution is -2.51. The molecule has 0 saturated carbocycles. The molecule has 2 heterocycles. The molecule has 1 atom stereocenters. The van der Waals surface area contributed by atoms with Crippen molar-refractivity contribution in [3.63, 3.8) is 0 Å². The predicted octanol–water partition coefficient (Wildman–Crippen LogP) is -1.98. The summed E-state index contributed by atoms with van der Waals surface area (Å²) in [6.07, 6.45) is 0.520. The zero-order valence-corrected chi connectivity index (χ0v) is 16.7. The van der Waals surface area contributed by atoms with Crippen LogP contribution < -0.4 is 10.6 Å². The van der Waals surface area contributed by atoms with Crippen LogP contribution in [0.3, 0.4) is 0 Å². The first-order valence-electron chi connectivity index (χ1n) is 9.72. The Labute approximate surface area is 165 Å². The van der Waals surface area contributed by atoms with Crippen molar-refractivity contribution in [2.24, 2.45) is 0 Å². The van der Waals surface area contributed by atoms with Crippen molar-refractivity contribution in [1.82, 2.24) is 25.3 Å². The van der Waals surface area contributed by atoms with Crippen LogP contribution in [-0.2, 0) is 23.9 Å². The zero-order chi connectivity index (χ0) is 20.5. The van der Waals surface area contributed by atoms with Gasteiger partial charge in [-0.3, -0.25) is 24.1 Å². The van der Waals surface area contributed by atoms with Crippen molar-refractivity contribution in [3.8, 4) is 0 Å². The Morgan fingerprint density at radius 2 is 1.57 bits per heavy atom. The maximum atomic E-state index is 12.6. The Bertz CT molecular complexity index is 579. The molecule has 0 spiro atoms. The lowest BCUT2D eigenvalue weighted by molar-refractivity contribution is -0.136. The van der Waals surface area contributed by atoms with Gasteiger partial charge in [0.15, 0.2) is 0 Å². The summed E-state index contributed by atoms with van der Waals surface area (Å²) in [7, 11) is 3.29. The van der Waals surface area contributed by atoms with E-state index in [1.54, 1.807) is 14.1 Å². The van der Waals surface area contributed by atoms with Gasteiger partial charge in [0.2, 0.25) is 23.6 Å². The topological polar surface area (TPSA) is 111 Å². The van der Waals surface area contributed by atoms with E-state index in [1.165, 1.54) is 9.80 Å². The third kappa shape index (κ3) is 7.08. The van der Waals surface area contributed by atoms with Gasteiger partial charge in [-0.1, -0.05) is 0 Å². The molecule has 1 unspecified atom stereocenters. The Morgan fingerprint density at radius 3 is 2.25 bits per heavy atom. The van der Waals surface area contributed by atoms with Crippen molar-refractivity contribution in [2.45, 2.75) is 25.3 Å². The molecule has 0 aromatic heterocycles. The number of hydrogen-bond acceptors (Lipinski definition) is 6. The Balaban J connectivity index is 2.01. The molecular weight excluding hydrogens is 366 g/mol. The number of hydrogen-bond donors (Lipinski definition) is 2. The van der Waals surface area contributed by atoms with E-state index in [4.69, 9.17) is 4.74 Å². The zero-order valence-electron chi connectivity index (χ0n) is 16.7. The standard InChI is InChI=1S/C18H31N5O5/c1-21-7-8-22(2)17(26)13-19-18(27)14(20-15(24)3-4-16(21)25)5-6-23-9-11-28-12-10-23/h14H,3-13H2,1-2H3,(H,19,27)(H,20,24). The van der Waals surface area contributed by atoms with Gasteiger partial charge < -0.3 is 25.2 Å². The summed E-state index contributed by atoms with van der Waals surface area (Å²) in [5.74, 6) is -1.14. The molecule has 2 fully saturated rings. The molecule has 0 bridgehead atoms. The molecule has 28 heavy (non-hydrogen) atoms. The van der Waals surface area contributed by atoms with Crippen LogP contribution >= 0.6 is 0 Å². The maximum absolute atomic E-state index is 12.6. The van der Waals surface area contributed by atoms with Crippen LogP contribution in [0.15, 0.2) is 0 Å². The van der Waals surface area contributed by atoms with Crippen LogP contribution in [-0.4, -0.2) is 111 Å². The molecule has 10 heteroatoms. The molecule has 2 N–H and O–H groups in total. The SMILES string of the molecule is CN1CCN(C)C(=O)CNC(=O)C(CCN2CCOCC2)NC(=O)CCC1=O. The van der Waals surface area contributed by atoms with E-state index in [2.05, 4.69) is 15.5 Å². The van der Waals surface area contributed by atoms with Crippen molar-refractivity contribution < 1.29 is 23.9 Å². The summed E-state index contributed by atoms with van der Waals surface area (Å²) < 4.78 is 5.32. The number of nitrogens with one attached hydrogen (secondary N) is 2. The van der Waals surface area contributed by atoms with Crippen LogP contribution in [0, 0.1) is 0 Å². The highest BCUT2D eigenvalue weighted by atomic mass is 16.5. The molecule has 0 aliphatic carbocycles. The minimum Gasteiger partial charge on any atom is -0.379 e. The van der Waals surface area contributed by atoms with Crippen LogP contribution in [0.5, 0.6) is 0 Å². The van der Waals surface area contributed by atoms with E-state index in [-0.39, 0.29) is 43.0 Å². The number of nitrogens with zero attached hydrogens (tertiary/aromatic N) is 3. The molecule has 0 radical (unpaired) electrons. The predicted molar refractivity (Wildman–Crippen MR) is 101 cm³/mol. The van der Waals surface area contributed by atoms with Gasteiger partial charge in [0.25, 0.3) is 0 Å². The Kier molecular flexibility index (Phi) is 8.65. The summed E-state index contributed by atoms with van der Waals surface area (Å²) in [4.78, 5) is 54.3. The molecular formula is C18H31N5O5. The van der Waals surface area contributed by atoms with Crippen molar-refractivity contribution in [1.29, 1.82) is 0 Å². The van der Waals surface area contributed by atoms with Gasteiger partial charge >= 0.3 is 0 Å². The maximum Gasteiger partial charge on any atom is 0.243 e. The van der Waals surface area contributed by atoms with Crippen LogP contribution in [0.2, 0.25) is 0 Å². The normalized spacial score (nSPS) is 24.6. The quantitative estimate of drug-likeness (QED) is 0.571. The minimum absolute atomic E-state index is 0.0271. The van der Waals surface area contributed by atoms with Gasteiger partial charge in [-0.25, -0.2) is 0 Å². The highest BCUT2D eigenvalue weighted by Gasteiger charge is 2.24. The molecule has 158 valence electrons. The molecule has 2 rings (SSSR count). The highest BCUT2D eigenvalue weighted by molar-refractivity contribution is 5.91. The Hall–Kier alpha value is -2.20. The average Bonchev–Trinajstić information content (AvgIpc) is 2.70. The molecule has 0 aromatic carbocycles. The number of morpholine rings is 1. The van der Waals surface area contributed by atoms with Gasteiger partial charge in [-0.05, 0) is 6.42 Å². The smallest absolute Gasteiger partial charge is 0.243 e. The summed E-state index contributed by atoms with van der Waals surface area (Å²) in [6.45, 7) is 4.11. The first-order valence-corrected chi connectivity index (χ1v) is 9.72. The van der Waals surface area contributed by atoms with Gasteiger partial charge in [0.05, 0.1) is 19.8 Å². The number of rotatable bonds is 3. The fourth-order valence-electron chi connectivity index (χ4n) is 3.05. The molecule has 0 aromatic rings. The van der Waals surface area contributed by atoms with Crippen molar-refractivity contribution >= 4 is 23.6 Å². The molecule has 2 aliphatic heterocycles. The van der Waals surface area contributed by atoms with Gasteiger partial charge in [0.1, 0.15) is 6.04 Å². The van der Waals surface area contributed by atoms with Crippen molar-refractivity contribution in [3.05, 3.63) is 0 Å². The average molecular weight is 397 g/mol. The number of ether oxygens (including phenoxy) is 1. The monoisotopic (exact) mass is 397 g/mol.